The van der Waals surface area contributed by atoms with Gasteiger partial charge in [-0.3, -0.25) is 0 Å². The maximum Gasteiger partial charge on any atom is 0.200 e. The normalized spacial score (nSPS) is 31.8. The van der Waals surface area contributed by atoms with Crippen LogP contribution in [0.5, 0.6) is 0 Å². The number of ether oxygens (including phenoxy) is 7. The summed E-state index contributed by atoms with van der Waals surface area (Å²) < 4.78 is 87.9. The van der Waals surface area contributed by atoms with E-state index in [4.69, 9.17) is 55.3 Å². The summed E-state index contributed by atoms with van der Waals surface area (Å²) in [6.07, 6.45) is 19.1. The molecule has 6 rings (SSSR count). The number of rotatable bonds is 39. The van der Waals surface area contributed by atoms with Crippen molar-refractivity contribution in [2.24, 2.45) is 29.1 Å². The van der Waals surface area contributed by atoms with E-state index in [1.165, 1.54) is 12.0 Å². The van der Waals surface area contributed by atoms with Crippen LogP contribution in [0.15, 0.2) is 37.0 Å². The molecule has 5 saturated heterocycles. The first-order chi connectivity index (χ1) is 44.9. The Morgan fingerprint density at radius 2 is 1.30 bits per heavy atom. The molecule has 2 spiro atoms. The summed E-state index contributed by atoms with van der Waals surface area (Å²) in [5.41, 5.74) is 1.85. The van der Waals surface area contributed by atoms with Gasteiger partial charge in [-0.2, -0.15) is 0 Å². The fourth-order valence-electron chi connectivity index (χ4n) is 18.7. The van der Waals surface area contributed by atoms with Gasteiger partial charge in [0.15, 0.2) is 58.9 Å². The molecular weight excluding hydrogens is 1320 g/mol. The summed E-state index contributed by atoms with van der Waals surface area (Å²) in [4.78, 5) is 0. The van der Waals surface area contributed by atoms with E-state index in [1.54, 1.807) is 7.11 Å². The molecule has 1 aliphatic carbocycles. The van der Waals surface area contributed by atoms with Gasteiger partial charge in [0.05, 0.1) is 53.4 Å². The van der Waals surface area contributed by atoms with Crippen LogP contribution in [0.25, 0.3) is 0 Å². The van der Waals surface area contributed by atoms with E-state index >= 15 is 0 Å². The lowest BCUT2D eigenvalue weighted by Gasteiger charge is -2.58. The lowest BCUT2D eigenvalue weighted by Crippen LogP contribution is -2.65. The van der Waals surface area contributed by atoms with Crippen LogP contribution in [0.4, 0.5) is 0 Å². The van der Waals surface area contributed by atoms with E-state index < -0.39 is 64.5 Å². The molecule has 0 aromatic heterocycles. The first kappa shape index (κ1) is 85.5. The fourth-order valence-corrected chi connectivity index (χ4v) is 36.2. The average Bonchev–Trinajstić information content (AvgIpc) is 1.32. The van der Waals surface area contributed by atoms with E-state index in [0.717, 1.165) is 144 Å². The average molecular weight is 1470 g/mol. The van der Waals surface area contributed by atoms with Gasteiger partial charge in [0, 0.05) is 50.7 Å². The van der Waals surface area contributed by atoms with E-state index in [1.807, 2.05) is 6.08 Å². The molecule has 0 aromatic rings. The van der Waals surface area contributed by atoms with Gasteiger partial charge in [-0.15, -0.1) is 36.7 Å². The van der Waals surface area contributed by atoms with Gasteiger partial charge in [-0.1, -0.05) is 122 Å². The van der Waals surface area contributed by atoms with Gasteiger partial charge in [-0.05, 0) is 218 Å². The molecule has 560 valence electrons. The Kier molecular flexibility index (Phi) is 31.8. The van der Waals surface area contributed by atoms with Gasteiger partial charge in [0.25, 0.3) is 0 Å². The molecule has 1 unspecified atom stereocenters. The summed E-state index contributed by atoms with van der Waals surface area (Å²) in [5.74, 6) is 0.237. The number of hydrogen-bond acceptors (Lipinski definition) is 14. The highest BCUT2D eigenvalue weighted by molar-refractivity contribution is 8.18. The Hall–Kier alpha value is 0.524. The molecular formula is C77H148O12S2Si5. The Bertz CT molecular complexity index is 2370. The fraction of sp³-hybridized carbons (Fsp3) is 0.922. The van der Waals surface area contributed by atoms with Gasteiger partial charge in [0.1, 0.15) is 12.4 Å². The Morgan fingerprint density at radius 1 is 0.677 bits per heavy atom. The predicted molar refractivity (Wildman–Crippen MR) is 419 cm³/mol. The largest absolute Gasteiger partial charge is 0.416 e. The molecule has 5 aliphatic heterocycles. The smallest absolute Gasteiger partial charge is 0.200 e. The minimum atomic E-state index is -2.31. The zero-order chi connectivity index (χ0) is 71.6. The Labute approximate surface area is 604 Å². The molecule has 0 amide bonds. The first-order valence-electron chi connectivity index (χ1n) is 39.0. The van der Waals surface area contributed by atoms with Crippen molar-refractivity contribution >= 4 is 65.1 Å². The van der Waals surface area contributed by atoms with Crippen molar-refractivity contribution in [3.8, 4) is 0 Å². The Balaban J connectivity index is 1.39. The third kappa shape index (κ3) is 20.8. The SMILES string of the molecule is C=CC[C@@H](O[Si](C)(C)C)[C@@]1(C[C@H](C)[C@@H](C)CO[Si](C(C)C)(C(C)C)C(C)C)CCC(COCOC)=C[C@@H]1[C@@H]1OC(C)(C)O[C@H]([C@H](C)CC2(C[C@H]3CCC[C@@]4(CC[C@@]5(O[C@H](CC(C=C)O[Si](CC)(CC)CC)CC[C@@]5(C)O[Si](CC)(CC)CC)O4)O3)SCCCS2)[C@H]1O[Si](C)(C)C. The maximum absolute atomic E-state index is 7.82. The molecule has 0 aromatic carbocycles. The van der Waals surface area contributed by atoms with Gasteiger partial charge < -0.3 is 55.3 Å². The minimum Gasteiger partial charge on any atom is -0.416 e. The molecule has 0 bridgehead atoms. The van der Waals surface area contributed by atoms with Crippen LogP contribution >= 0.6 is 23.5 Å². The lowest BCUT2D eigenvalue weighted by atomic mass is 9.57. The predicted octanol–water partition coefficient (Wildman–Crippen LogP) is 22.0. The molecule has 0 saturated carbocycles. The lowest BCUT2D eigenvalue weighted by molar-refractivity contribution is -0.399. The van der Waals surface area contributed by atoms with E-state index in [0.29, 0.717) is 35.1 Å². The highest BCUT2D eigenvalue weighted by atomic mass is 32.2. The van der Waals surface area contributed by atoms with Crippen molar-refractivity contribution in [2.75, 3.05) is 38.6 Å². The minimum absolute atomic E-state index is 0.0123. The second-order valence-electron chi connectivity index (χ2n) is 34.6. The van der Waals surface area contributed by atoms with E-state index in [9.17, 15) is 0 Å². The highest BCUT2D eigenvalue weighted by Crippen LogP contribution is 2.60. The van der Waals surface area contributed by atoms with Crippen LogP contribution in [-0.2, 0) is 55.3 Å². The molecule has 19 heteroatoms. The second kappa shape index (κ2) is 35.7. The zero-order valence-corrected chi connectivity index (χ0v) is 73.0. The van der Waals surface area contributed by atoms with Crippen molar-refractivity contribution in [3.05, 3.63) is 37.0 Å². The van der Waals surface area contributed by atoms with Crippen molar-refractivity contribution in [2.45, 2.75) is 383 Å². The molecule has 5 fully saturated rings. The first-order valence-corrected chi connectivity index (χ1v) is 54.9. The van der Waals surface area contributed by atoms with E-state index in [2.05, 4.69) is 213 Å². The molecule has 12 nitrogen and oxygen atoms in total. The molecule has 0 radical (unpaired) electrons. The molecule has 6 aliphatic rings. The third-order valence-electron chi connectivity index (χ3n) is 24.3. The summed E-state index contributed by atoms with van der Waals surface area (Å²) in [6.45, 7) is 66.9. The van der Waals surface area contributed by atoms with Gasteiger partial charge >= 0.3 is 0 Å². The third-order valence-corrected chi connectivity index (χ3v) is 45.2. The number of methoxy groups -OCH3 is 1. The van der Waals surface area contributed by atoms with Gasteiger partial charge in [0.2, 0.25) is 0 Å². The topological polar surface area (TPSA) is 111 Å². The monoisotopic (exact) mass is 1470 g/mol. The zero-order valence-electron chi connectivity index (χ0n) is 66.3. The standard InChI is InChI=1S/C77H148O12S2Si5/c1-28-38-68(86-92(22,23)24)74(51-60(15)62(17)54-80-96(57(9)10,58(11)12)59(13)14)44-40-63(55-79-56-78-21)49-67(74)70-71(87-93(25,26)27)69(83-72(18,19)84-70)61(16)52-76(90-47-37-48-91-76)53-66-39-36-42-75(81-66)45-46-77(88-75)73(20,89-95(33-6,34-7)35-8)43-41-65(82-77)50-64(29-2)85-94(30-3,31-4)32-5/h28-29,49,57-62,64-71H,1-2,30-48,50-56H2,3-27H3/t60-,61+,62-,64?,65-,66+,67+,68+,69+,70-,71+,73+,74+,75+,77+/m0/s1. The van der Waals surface area contributed by atoms with Crippen molar-refractivity contribution in [1.29, 1.82) is 0 Å². The summed E-state index contributed by atoms with van der Waals surface area (Å²) in [6, 6.07) is 6.52. The molecule has 15 atom stereocenters. The Morgan fingerprint density at radius 3 is 1.85 bits per heavy atom. The summed E-state index contributed by atoms with van der Waals surface area (Å²) in [7, 11) is -8.90. The van der Waals surface area contributed by atoms with Crippen molar-refractivity contribution in [3.63, 3.8) is 0 Å². The van der Waals surface area contributed by atoms with Crippen LogP contribution in [-0.4, -0.2) is 150 Å². The van der Waals surface area contributed by atoms with Crippen LogP contribution in [0.2, 0.25) is 92.2 Å². The van der Waals surface area contributed by atoms with Crippen molar-refractivity contribution in [1.82, 2.24) is 0 Å². The number of hydrogen-bond donors (Lipinski definition) is 0. The van der Waals surface area contributed by atoms with Crippen LogP contribution in [0.3, 0.4) is 0 Å². The summed E-state index contributed by atoms with van der Waals surface area (Å²) >= 11 is 4.34. The van der Waals surface area contributed by atoms with E-state index in [-0.39, 0.29) is 70.9 Å². The van der Waals surface area contributed by atoms with Crippen LogP contribution in [0.1, 0.15) is 221 Å². The second-order valence-corrected chi connectivity index (χ2v) is 61.6. The quantitative estimate of drug-likeness (QED) is 0.0252. The van der Waals surface area contributed by atoms with Crippen LogP contribution < -0.4 is 0 Å². The highest BCUT2D eigenvalue weighted by Gasteiger charge is 2.66. The molecule has 96 heavy (non-hydrogen) atoms. The maximum atomic E-state index is 7.82. The van der Waals surface area contributed by atoms with Crippen LogP contribution in [0, 0.1) is 29.1 Å². The van der Waals surface area contributed by atoms with Crippen molar-refractivity contribution < 1.29 is 55.3 Å². The molecule has 5 heterocycles. The van der Waals surface area contributed by atoms with Gasteiger partial charge in [-0.25, -0.2) is 0 Å². The molecule has 0 N–H and O–H groups in total. The number of thioether (sulfide) groups is 2. The summed E-state index contributed by atoms with van der Waals surface area (Å²) in [5, 5.41) is 0.